The number of carbonyl (C=O) groups excluding carboxylic acids is 1. The number of rotatable bonds is 2. The molecule has 2 aromatic rings. The van der Waals surface area contributed by atoms with Crippen molar-refractivity contribution in [3.8, 4) is 11.5 Å². The van der Waals surface area contributed by atoms with Crippen LogP contribution in [0.5, 0.6) is 0 Å². The van der Waals surface area contributed by atoms with E-state index in [0.717, 1.165) is 44.6 Å². The second-order valence-electron chi connectivity index (χ2n) is 5.97. The van der Waals surface area contributed by atoms with Crippen LogP contribution in [0.1, 0.15) is 23.4 Å². The lowest BCUT2D eigenvalue weighted by Crippen LogP contribution is -2.41. The molecule has 5 nitrogen and oxygen atoms in total. The van der Waals surface area contributed by atoms with Crippen molar-refractivity contribution in [2.75, 3.05) is 26.2 Å². The summed E-state index contributed by atoms with van der Waals surface area (Å²) in [7, 11) is 0. The number of fused-ring (bicyclic) bond motifs is 4. The summed E-state index contributed by atoms with van der Waals surface area (Å²) in [5, 5.41) is 0. The fourth-order valence-corrected chi connectivity index (χ4v) is 3.38. The Morgan fingerprint density at radius 2 is 1.86 bits per heavy atom. The van der Waals surface area contributed by atoms with Gasteiger partial charge < -0.3 is 14.2 Å². The largest absolute Gasteiger partial charge is 0.431 e. The van der Waals surface area contributed by atoms with Crippen molar-refractivity contribution in [2.45, 2.75) is 18.9 Å². The smallest absolute Gasteiger partial charge is 0.291 e. The van der Waals surface area contributed by atoms with Gasteiger partial charge in [-0.25, -0.2) is 4.98 Å². The van der Waals surface area contributed by atoms with Gasteiger partial charge in [-0.2, -0.15) is 0 Å². The molecule has 0 N–H and O–H groups in total. The molecule has 1 amide bonds. The molecule has 0 atom stereocenters. The summed E-state index contributed by atoms with van der Waals surface area (Å²) < 4.78 is 5.72. The van der Waals surface area contributed by atoms with Crippen LogP contribution in [0.2, 0.25) is 0 Å². The Hall–Kier alpha value is -2.14. The van der Waals surface area contributed by atoms with Crippen LogP contribution in [-0.2, 0) is 0 Å². The van der Waals surface area contributed by atoms with E-state index in [0.29, 0.717) is 17.7 Å². The molecule has 5 heteroatoms. The maximum absolute atomic E-state index is 12.8. The third kappa shape index (κ3) is 2.41. The van der Waals surface area contributed by atoms with Gasteiger partial charge in [-0.1, -0.05) is 18.2 Å². The average molecular weight is 297 g/mol. The summed E-state index contributed by atoms with van der Waals surface area (Å²) in [4.78, 5) is 21.4. The van der Waals surface area contributed by atoms with E-state index >= 15 is 0 Å². The highest BCUT2D eigenvalue weighted by Crippen LogP contribution is 2.24. The van der Waals surface area contributed by atoms with Gasteiger partial charge in [-0.05, 0) is 25.0 Å². The first-order valence-electron chi connectivity index (χ1n) is 7.86. The quantitative estimate of drug-likeness (QED) is 0.853. The average Bonchev–Trinajstić information content (AvgIpc) is 2.88. The van der Waals surface area contributed by atoms with Crippen LogP contribution in [-0.4, -0.2) is 52.9 Å². The SMILES string of the molecule is O=C(c1cnc(-c2ccccc2)o1)N1CCN2CCC1CC2. The number of oxazole rings is 1. The predicted molar refractivity (Wildman–Crippen MR) is 82.4 cm³/mol. The minimum absolute atomic E-state index is 0.0246. The van der Waals surface area contributed by atoms with Gasteiger partial charge in [0.2, 0.25) is 11.7 Å². The van der Waals surface area contributed by atoms with Crippen molar-refractivity contribution >= 4 is 5.91 Å². The van der Waals surface area contributed by atoms with E-state index in [4.69, 9.17) is 4.42 Å². The van der Waals surface area contributed by atoms with Crippen LogP contribution >= 0.6 is 0 Å². The Morgan fingerprint density at radius 3 is 2.64 bits per heavy atom. The molecule has 3 saturated heterocycles. The second-order valence-corrected chi connectivity index (χ2v) is 5.97. The van der Waals surface area contributed by atoms with Gasteiger partial charge in [0.15, 0.2) is 0 Å². The summed E-state index contributed by atoms with van der Waals surface area (Å²) >= 11 is 0. The van der Waals surface area contributed by atoms with Crippen molar-refractivity contribution in [1.29, 1.82) is 0 Å². The van der Waals surface area contributed by atoms with Crippen molar-refractivity contribution in [2.24, 2.45) is 0 Å². The third-order valence-electron chi connectivity index (χ3n) is 4.65. The zero-order chi connectivity index (χ0) is 14.9. The number of amides is 1. The van der Waals surface area contributed by atoms with Gasteiger partial charge in [0.05, 0.1) is 6.20 Å². The molecule has 2 bridgehead atoms. The molecular formula is C17H19N3O2. The van der Waals surface area contributed by atoms with Gasteiger partial charge in [0, 0.05) is 37.8 Å². The fourth-order valence-electron chi connectivity index (χ4n) is 3.38. The van der Waals surface area contributed by atoms with E-state index in [2.05, 4.69) is 9.88 Å². The number of piperidine rings is 1. The number of hydrogen-bond acceptors (Lipinski definition) is 4. The third-order valence-corrected chi connectivity index (χ3v) is 4.65. The standard InChI is InChI=1S/C17H19N3O2/c21-17(20-11-10-19-8-6-14(20)7-9-19)15-12-18-16(22-15)13-4-2-1-3-5-13/h1-5,12,14H,6-11H2. The van der Waals surface area contributed by atoms with Crippen LogP contribution in [0.3, 0.4) is 0 Å². The number of nitrogens with zero attached hydrogens (tertiary/aromatic N) is 3. The molecule has 0 saturated carbocycles. The lowest BCUT2D eigenvalue weighted by atomic mass is 10.1. The molecule has 1 aromatic carbocycles. The number of hydrogen-bond donors (Lipinski definition) is 0. The zero-order valence-corrected chi connectivity index (χ0v) is 12.4. The van der Waals surface area contributed by atoms with Crippen LogP contribution in [0.25, 0.3) is 11.5 Å². The summed E-state index contributed by atoms with van der Waals surface area (Å²) in [6.07, 6.45) is 3.68. The molecule has 4 heterocycles. The molecule has 3 aliphatic rings. The van der Waals surface area contributed by atoms with Crippen molar-refractivity contribution in [3.63, 3.8) is 0 Å². The molecule has 0 spiro atoms. The normalized spacial score (nSPS) is 24.3. The molecule has 114 valence electrons. The first kappa shape index (κ1) is 13.5. The first-order chi connectivity index (χ1) is 10.8. The first-order valence-corrected chi connectivity index (χ1v) is 7.86. The minimum atomic E-state index is -0.0246. The molecule has 1 aromatic heterocycles. The Bertz CT molecular complexity index is 660. The maximum atomic E-state index is 12.8. The molecule has 3 aliphatic heterocycles. The van der Waals surface area contributed by atoms with Crippen molar-refractivity contribution < 1.29 is 9.21 Å². The van der Waals surface area contributed by atoms with Gasteiger partial charge in [0.1, 0.15) is 0 Å². The van der Waals surface area contributed by atoms with Gasteiger partial charge in [-0.15, -0.1) is 0 Å². The molecule has 0 radical (unpaired) electrons. The molecule has 3 fully saturated rings. The monoisotopic (exact) mass is 297 g/mol. The van der Waals surface area contributed by atoms with Crippen LogP contribution < -0.4 is 0 Å². The van der Waals surface area contributed by atoms with Crippen molar-refractivity contribution in [1.82, 2.24) is 14.8 Å². The van der Waals surface area contributed by atoms with E-state index in [1.165, 1.54) is 0 Å². The zero-order valence-electron chi connectivity index (χ0n) is 12.4. The van der Waals surface area contributed by atoms with Crippen molar-refractivity contribution in [3.05, 3.63) is 42.3 Å². The lowest BCUT2D eigenvalue weighted by Gasteiger charge is -2.30. The highest BCUT2D eigenvalue weighted by molar-refractivity contribution is 5.91. The molecule has 0 aliphatic carbocycles. The second kappa shape index (κ2) is 5.57. The Labute approximate surface area is 129 Å². The topological polar surface area (TPSA) is 49.6 Å². The lowest BCUT2D eigenvalue weighted by molar-refractivity contribution is 0.0653. The Kier molecular flexibility index (Phi) is 3.42. The maximum Gasteiger partial charge on any atom is 0.291 e. The van der Waals surface area contributed by atoms with Crippen LogP contribution in [0.15, 0.2) is 40.9 Å². The Morgan fingerprint density at radius 1 is 1.09 bits per heavy atom. The Balaban J connectivity index is 1.57. The highest BCUT2D eigenvalue weighted by atomic mass is 16.4. The summed E-state index contributed by atoms with van der Waals surface area (Å²) in [6, 6.07) is 10.0. The number of carbonyl (C=O) groups is 1. The van der Waals surface area contributed by atoms with E-state index in [1.54, 1.807) is 6.20 Å². The highest BCUT2D eigenvalue weighted by Gasteiger charge is 2.33. The molecule has 0 unspecified atom stereocenters. The van der Waals surface area contributed by atoms with E-state index in [1.807, 2.05) is 35.2 Å². The van der Waals surface area contributed by atoms with Crippen LogP contribution in [0, 0.1) is 0 Å². The van der Waals surface area contributed by atoms with E-state index in [-0.39, 0.29) is 5.91 Å². The molecule has 5 rings (SSSR count). The van der Waals surface area contributed by atoms with E-state index < -0.39 is 0 Å². The van der Waals surface area contributed by atoms with Crippen LogP contribution in [0.4, 0.5) is 0 Å². The number of benzene rings is 1. The fraction of sp³-hybridized carbons (Fsp3) is 0.412. The molecule has 22 heavy (non-hydrogen) atoms. The summed E-state index contributed by atoms with van der Waals surface area (Å²) in [5.74, 6) is 0.828. The van der Waals surface area contributed by atoms with Gasteiger partial charge >= 0.3 is 0 Å². The molecular weight excluding hydrogens is 278 g/mol. The van der Waals surface area contributed by atoms with E-state index in [9.17, 15) is 4.79 Å². The minimum Gasteiger partial charge on any atom is -0.431 e. The number of aromatic nitrogens is 1. The van der Waals surface area contributed by atoms with Gasteiger partial charge in [0.25, 0.3) is 5.91 Å². The summed E-state index contributed by atoms with van der Waals surface area (Å²) in [5.41, 5.74) is 0.893. The van der Waals surface area contributed by atoms with Gasteiger partial charge in [-0.3, -0.25) is 4.79 Å². The predicted octanol–water partition coefficient (Wildman–Crippen LogP) is 2.26. The summed E-state index contributed by atoms with van der Waals surface area (Å²) in [6.45, 7) is 3.94.